The van der Waals surface area contributed by atoms with Crippen molar-refractivity contribution in [3.05, 3.63) is 72.3 Å². The lowest BCUT2D eigenvalue weighted by molar-refractivity contribution is 0.619. The number of rotatable bonds is 2. The van der Waals surface area contributed by atoms with Crippen LogP contribution in [0, 0.1) is 12.7 Å². The molecular weight excluding hydrogens is 315 g/mol. The predicted octanol–water partition coefficient (Wildman–Crippen LogP) is 4.39. The predicted molar refractivity (Wildman–Crippen MR) is 97.3 cm³/mol. The average molecular weight is 330 g/mol. The summed E-state index contributed by atoms with van der Waals surface area (Å²) in [6.07, 6.45) is 3.45. The molecule has 0 aliphatic heterocycles. The van der Waals surface area contributed by atoms with E-state index in [0.29, 0.717) is 5.56 Å². The lowest BCUT2D eigenvalue weighted by atomic mass is 9.97. The summed E-state index contributed by atoms with van der Waals surface area (Å²) in [5, 5.41) is 0.900. The summed E-state index contributed by atoms with van der Waals surface area (Å²) in [5.74, 6) is 0.0331. The second-order valence-electron chi connectivity index (χ2n) is 5.87. The van der Waals surface area contributed by atoms with Crippen LogP contribution in [0.2, 0.25) is 0 Å². The lowest BCUT2D eigenvalue weighted by Crippen LogP contribution is -1.94. The van der Waals surface area contributed by atoms with Gasteiger partial charge in [0.05, 0.1) is 11.2 Å². The lowest BCUT2D eigenvalue weighted by Gasteiger charge is -2.11. The first-order valence-electron chi connectivity index (χ1n) is 7.86. The molecule has 0 aliphatic rings. The molecule has 4 rings (SSSR count). The number of nitrogens with two attached hydrogens (primary N) is 1. The molecule has 0 spiro atoms. The number of halogens is 1. The van der Waals surface area contributed by atoms with Gasteiger partial charge in [0, 0.05) is 28.9 Å². The molecule has 0 bridgehead atoms. The van der Waals surface area contributed by atoms with Gasteiger partial charge in [0.25, 0.3) is 0 Å². The van der Waals surface area contributed by atoms with E-state index in [1.165, 1.54) is 6.07 Å². The SMILES string of the molecule is Cc1cc(-c2ncccc2-c2ccc3nc(N)ncc3c2)ccc1F. The van der Waals surface area contributed by atoms with Crippen molar-refractivity contribution in [1.82, 2.24) is 15.0 Å². The second kappa shape index (κ2) is 5.94. The Hall–Kier alpha value is -3.34. The molecule has 2 aromatic heterocycles. The Bertz CT molecular complexity index is 1090. The molecule has 5 heteroatoms. The normalized spacial score (nSPS) is 11.0. The van der Waals surface area contributed by atoms with Crippen molar-refractivity contribution in [2.75, 3.05) is 5.73 Å². The van der Waals surface area contributed by atoms with Crippen molar-refractivity contribution in [3.63, 3.8) is 0 Å². The molecule has 0 radical (unpaired) electrons. The van der Waals surface area contributed by atoms with E-state index in [1.807, 2.05) is 36.4 Å². The number of hydrogen-bond donors (Lipinski definition) is 1. The molecule has 0 atom stereocenters. The fourth-order valence-electron chi connectivity index (χ4n) is 2.88. The highest BCUT2D eigenvalue weighted by Crippen LogP contribution is 2.32. The standard InChI is InChI=1S/C20H15FN4/c1-12-9-14(4-6-17(12)21)19-16(3-2-8-23-19)13-5-7-18-15(10-13)11-24-20(22)25-18/h2-11H,1H3,(H2,22,24,25). The maximum Gasteiger partial charge on any atom is 0.220 e. The maximum absolute atomic E-state index is 13.6. The quantitative estimate of drug-likeness (QED) is 0.592. The van der Waals surface area contributed by atoms with Crippen LogP contribution >= 0.6 is 0 Å². The zero-order chi connectivity index (χ0) is 17.4. The van der Waals surface area contributed by atoms with E-state index in [0.717, 1.165) is 33.3 Å². The van der Waals surface area contributed by atoms with Crippen LogP contribution in [-0.2, 0) is 0 Å². The summed E-state index contributed by atoms with van der Waals surface area (Å²) in [5.41, 5.74) is 10.7. The molecule has 2 aromatic carbocycles. The van der Waals surface area contributed by atoms with Gasteiger partial charge in [-0.3, -0.25) is 4.98 Å². The fourth-order valence-corrected chi connectivity index (χ4v) is 2.88. The van der Waals surface area contributed by atoms with Gasteiger partial charge in [0.1, 0.15) is 5.82 Å². The Kier molecular flexibility index (Phi) is 3.61. The number of hydrogen-bond acceptors (Lipinski definition) is 4. The first-order chi connectivity index (χ1) is 12.1. The number of benzene rings is 2. The van der Waals surface area contributed by atoms with Crippen LogP contribution in [0.3, 0.4) is 0 Å². The van der Waals surface area contributed by atoms with Crippen LogP contribution in [0.4, 0.5) is 10.3 Å². The molecule has 25 heavy (non-hydrogen) atoms. The number of nitrogens with zero attached hydrogens (tertiary/aromatic N) is 3. The summed E-state index contributed by atoms with van der Waals surface area (Å²) in [4.78, 5) is 12.8. The summed E-state index contributed by atoms with van der Waals surface area (Å²) in [7, 11) is 0. The minimum Gasteiger partial charge on any atom is -0.368 e. The van der Waals surface area contributed by atoms with Gasteiger partial charge in [-0.1, -0.05) is 12.1 Å². The van der Waals surface area contributed by atoms with E-state index in [1.54, 1.807) is 25.4 Å². The molecular formula is C20H15FN4. The van der Waals surface area contributed by atoms with Crippen molar-refractivity contribution in [2.45, 2.75) is 6.92 Å². The van der Waals surface area contributed by atoms with Crippen LogP contribution in [0.1, 0.15) is 5.56 Å². The molecule has 4 aromatic rings. The van der Waals surface area contributed by atoms with Crippen molar-refractivity contribution >= 4 is 16.9 Å². The van der Waals surface area contributed by atoms with E-state index in [9.17, 15) is 4.39 Å². The highest BCUT2D eigenvalue weighted by molar-refractivity contribution is 5.88. The molecule has 122 valence electrons. The third kappa shape index (κ3) is 2.80. The van der Waals surface area contributed by atoms with Gasteiger partial charge >= 0.3 is 0 Å². The molecule has 0 amide bonds. The van der Waals surface area contributed by atoms with E-state index >= 15 is 0 Å². The van der Waals surface area contributed by atoms with Crippen LogP contribution in [-0.4, -0.2) is 15.0 Å². The number of pyridine rings is 1. The highest BCUT2D eigenvalue weighted by Gasteiger charge is 2.11. The number of fused-ring (bicyclic) bond motifs is 1. The van der Waals surface area contributed by atoms with E-state index in [-0.39, 0.29) is 11.8 Å². The molecule has 0 unspecified atom stereocenters. The Morgan fingerprint density at radius 3 is 2.64 bits per heavy atom. The van der Waals surface area contributed by atoms with Gasteiger partial charge in [0.15, 0.2) is 0 Å². The van der Waals surface area contributed by atoms with Crippen LogP contribution < -0.4 is 5.73 Å². The number of aryl methyl sites for hydroxylation is 1. The van der Waals surface area contributed by atoms with Gasteiger partial charge in [-0.25, -0.2) is 14.4 Å². The number of nitrogen functional groups attached to an aromatic ring is 1. The van der Waals surface area contributed by atoms with Crippen molar-refractivity contribution in [3.8, 4) is 22.4 Å². The molecule has 2 heterocycles. The Labute approximate surface area is 144 Å². The topological polar surface area (TPSA) is 64.7 Å². The monoisotopic (exact) mass is 330 g/mol. The van der Waals surface area contributed by atoms with Gasteiger partial charge in [0.2, 0.25) is 5.95 Å². The molecule has 0 fully saturated rings. The highest BCUT2D eigenvalue weighted by atomic mass is 19.1. The Morgan fingerprint density at radius 1 is 0.960 bits per heavy atom. The minimum absolute atomic E-state index is 0.221. The zero-order valence-electron chi connectivity index (χ0n) is 13.6. The molecule has 4 nitrogen and oxygen atoms in total. The molecule has 0 saturated carbocycles. The molecule has 0 saturated heterocycles. The summed E-state index contributed by atoms with van der Waals surface area (Å²) >= 11 is 0. The van der Waals surface area contributed by atoms with E-state index < -0.39 is 0 Å². The maximum atomic E-state index is 13.6. The molecule has 0 aliphatic carbocycles. The van der Waals surface area contributed by atoms with Gasteiger partial charge < -0.3 is 5.73 Å². The number of aromatic nitrogens is 3. The van der Waals surface area contributed by atoms with Crippen LogP contribution in [0.5, 0.6) is 0 Å². The first kappa shape index (κ1) is 15.2. The fraction of sp³-hybridized carbons (Fsp3) is 0.0500. The molecule has 2 N–H and O–H groups in total. The van der Waals surface area contributed by atoms with Gasteiger partial charge in [-0.2, -0.15) is 0 Å². The third-order valence-electron chi connectivity index (χ3n) is 4.15. The third-order valence-corrected chi connectivity index (χ3v) is 4.15. The largest absolute Gasteiger partial charge is 0.368 e. The van der Waals surface area contributed by atoms with Crippen LogP contribution in [0.15, 0.2) is 60.9 Å². The van der Waals surface area contributed by atoms with Gasteiger partial charge in [-0.15, -0.1) is 0 Å². The first-order valence-corrected chi connectivity index (χ1v) is 7.86. The Morgan fingerprint density at radius 2 is 1.80 bits per heavy atom. The van der Waals surface area contributed by atoms with Crippen molar-refractivity contribution in [1.29, 1.82) is 0 Å². The average Bonchev–Trinajstić information content (AvgIpc) is 2.63. The second-order valence-corrected chi connectivity index (χ2v) is 5.87. The summed E-state index contributed by atoms with van der Waals surface area (Å²) in [6.45, 7) is 1.75. The Balaban J connectivity index is 1.89. The van der Waals surface area contributed by atoms with Crippen molar-refractivity contribution < 1.29 is 4.39 Å². The van der Waals surface area contributed by atoms with Crippen molar-refractivity contribution in [2.24, 2.45) is 0 Å². The van der Waals surface area contributed by atoms with Gasteiger partial charge in [-0.05, 0) is 54.4 Å². The summed E-state index contributed by atoms with van der Waals surface area (Å²) in [6, 6.07) is 14.8. The zero-order valence-corrected chi connectivity index (χ0v) is 13.6. The summed E-state index contributed by atoms with van der Waals surface area (Å²) < 4.78 is 13.6. The smallest absolute Gasteiger partial charge is 0.220 e. The van der Waals surface area contributed by atoms with E-state index in [2.05, 4.69) is 15.0 Å². The number of anilines is 1. The minimum atomic E-state index is -0.221. The van der Waals surface area contributed by atoms with Crippen LogP contribution in [0.25, 0.3) is 33.3 Å². The van der Waals surface area contributed by atoms with E-state index in [4.69, 9.17) is 5.73 Å².